The Kier molecular flexibility index (Phi) is 8.35. The number of carbonyl (C=O) groups excluding carboxylic acids is 1. The number of hydrogen-bond acceptors (Lipinski definition) is 4. The zero-order valence-corrected chi connectivity index (χ0v) is 18.1. The number of amides is 1. The molecule has 0 saturated heterocycles. The smallest absolute Gasteiger partial charge is 0.304 e. The van der Waals surface area contributed by atoms with Crippen molar-refractivity contribution in [3.8, 4) is 0 Å². The molecule has 0 saturated carbocycles. The lowest BCUT2D eigenvalue weighted by atomic mass is 10.2. The van der Waals surface area contributed by atoms with Gasteiger partial charge in [0.05, 0.1) is 5.69 Å². The fraction of sp³-hybridized carbons (Fsp3) is 0.350. The van der Waals surface area contributed by atoms with Gasteiger partial charge in [0.25, 0.3) is 0 Å². The van der Waals surface area contributed by atoms with Gasteiger partial charge in [0.1, 0.15) is 6.54 Å². The first-order valence-corrected chi connectivity index (χ1v) is 11.5. The maximum Gasteiger partial charge on any atom is 0.304 e. The van der Waals surface area contributed by atoms with Gasteiger partial charge < -0.3 is 5.32 Å². The molecular formula is C20H27N3O3S2. The molecule has 0 aliphatic rings. The Morgan fingerprint density at radius 2 is 1.79 bits per heavy atom. The first kappa shape index (κ1) is 22.3. The van der Waals surface area contributed by atoms with Crippen LogP contribution in [0.15, 0.2) is 54.6 Å². The Morgan fingerprint density at radius 1 is 1.07 bits per heavy atom. The van der Waals surface area contributed by atoms with Gasteiger partial charge in [0, 0.05) is 32.1 Å². The number of aryl methyl sites for hydroxylation is 1. The van der Waals surface area contributed by atoms with E-state index >= 15 is 0 Å². The van der Waals surface area contributed by atoms with Gasteiger partial charge in [-0.1, -0.05) is 48.0 Å². The van der Waals surface area contributed by atoms with Gasteiger partial charge >= 0.3 is 10.2 Å². The van der Waals surface area contributed by atoms with Crippen molar-refractivity contribution in [1.29, 1.82) is 0 Å². The van der Waals surface area contributed by atoms with Crippen molar-refractivity contribution in [2.75, 3.05) is 37.2 Å². The largest absolute Gasteiger partial charge is 0.354 e. The summed E-state index contributed by atoms with van der Waals surface area (Å²) in [6.07, 6.45) is 0. The van der Waals surface area contributed by atoms with Gasteiger partial charge in [-0.25, -0.2) is 4.31 Å². The van der Waals surface area contributed by atoms with Gasteiger partial charge in [0.2, 0.25) is 5.91 Å². The minimum absolute atomic E-state index is 0.257. The highest BCUT2D eigenvalue weighted by molar-refractivity contribution is 7.98. The third-order valence-corrected chi connectivity index (χ3v) is 6.84. The SMILES string of the molecule is Cc1cccc(CSCCNC(=O)CN(c2ccccc2)S(=O)(=O)N(C)C)c1. The van der Waals surface area contributed by atoms with Crippen LogP contribution in [0.25, 0.3) is 0 Å². The van der Waals surface area contributed by atoms with Crippen LogP contribution in [0.2, 0.25) is 0 Å². The topological polar surface area (TPSA) is 69.7 Å². The van der Waals surface area contributed by atoms with E-state index in [4.69, 9.17) is 0 Å². The molecule has 1 N–H and O–H groups in total. The molecule has 0 spiro atoms. The molecular weight excluding hydrogens is 394 g/mol. The van der Waals surface area contributed by atoms with E-state index in [1.54, 1.807) is 42.1 Å². The van der Waals surface area contributed by atoms with Crippen LogP contribution >= 0.6 is 11.8 Å². The Bertz CT molecular complexity index is 871. The summed E-state index contributed by atoms with van der Waals surface area (Å²) < 4.78 is 27.4. The van der Waals surface area contributed by atoms with Gasteiger partial charge in [-0.15, -0.1) is 0 Å². The first-order chi connectivity index (χ1) is 13.3. The number of hydrogen-bond donors (Lipinski definition) is 1. The van der Waals surface area contributed by atoms with Crippen LogP contribution in [-0.4, -0.2) is 51.6 Å². The zero-order chi connectivity index (χ0) is 20.6. The van der Waals surface area contributed by atoms with E-state index in [1.165, 1.54) is 25.2 Å². The number of rotatable bonds is 10. The average molecular weight is 422 g/mol. The highest BCUT2D eigenvalue weighted by atomic mass is 32.2. The summed E-state index contributed by atoms with van der Waals surface area (Å²) in [5, 5.41) is 2.81. The Hall–Kier alpha value is -2.03. The summed E-state index contributed by atoms with van der Waals surface area (Å²) in [7, 11) is -0.863. The van der Waals surface area contributed by atoms with Crippen LogP contribution in [0, 0.1) is 6.92 Å². The molecule has 0 aliphatic heterocycles. The highest BCUT2D eigenvalue weighted by Gasteiger charge is 2.26. The molecule has 0 bridgehead atoms. The van der Waals surface area contributed by atoms with Crippen molar-refractivity contribution in [2.24, 2.45) is 0 Å². The summed E-state index contributed by atoms with van der Waals surface area (Å²) in [5.74, 6) is 1.30. The molecule has 0 fully saturated rings. The molecule has 1 amide bonds. The fourth-order valence-electron chi connectivity index (χ4n) is 2.54. The average Bonchev–Trinajstić information content (AvgIpc) is 2.66. The summed E-state index contributed by atoms with van der Waals surface area (Å²) in [6, 6.07) is 17.0. The molecule has 8 heteroatoms. The van der Waals surface area contributed by atoms with Gasteiger partial charge in [-0.2, -0.15) is 24.5 Å². The maximum absolute atomic E-state index is 12.6. The monoisotopic (exact) mass is 421 g/mol. The second-order valence-electron chi connectivity index (χ2n) is 6.52. The second-order valence-corrected chi connectivity index (χ2v) is 9.70. The third kappa shape index (κ3) is 6.54. The first-order valence-electron chi connectivity index (χ1n) is 8.96. The van der Waals surface area contributed by atoms with Gasteiger partial charge in [-0.05, 0) is 24.6 Å². The minimum atomic E-state index is -3.76. The number of nitrogens with one attached hydrogen (secondary N) is 1. The van der Waals surface area contributed by atoms with Crippen LogP contribution in [0.3, 0.4) is 0 Å². The summed E-state index contributed by atoms with van der Waals surface area (Å²) >= 11 is 1.73. The van der Waals surface area contributed by atoms with Crippen LogP contribution in [-0.2, 0) is 20.8 Å². The van der Waals surface area contributed by atoms with Gasteiger partial charge in [-0.3, -0.25) is 4.79 Å². The zero-order valence-electron chi connectivity index (χ0n) is 16.5. The summed E-state index contributed by atoms with van der Waals surface area (Å²) in [4.78, 5) is 12.3. The Labute approximate surface area is 172 Å². The van der Waals surface area contributed by atoms with Crippen molar-refractivity contribution < 1.29 is 13.2 Å². The highest BCUT2D eigenvalue weighted by Crippen LogP contribution is 2.18. The van der Waals surface area contributed by atoms with E-state index < -0.39 is 10.2 Å². The van der Waals surface area contributed by atoms with E-state index in [2.05, 4.69) is 30.4 Å². The lowest BCUT2D eigenvalue weighted by Crippen LogP contribution is -2.46. The van der Waals surface area contributed by atoms with Crippen molar-refractivity contribution in [3.63, 3.8) is 0 Å². The second kappa shape index (κ2) is 10.5. The molecule has 6 nitrogen and oxygen atoms in total. The van der Waals surface area contributed by atoms with Crippen LogP contribution in [0.4, 0.5) is 5.69 Å². The predicted molar refractivity (Wildman–Crippen MR) is 117 cm³/mol. The molecule has 152 valence electrons. The Balaban J connectivity index is 1.86. The molecule has 2 aromatic carbocycles. The number of nitrogens with zero attached hydrogens (tertiary/aromatic N) is 2. The number of para-hydroxylation sites is 1. The fourth-order valence-corrected chi connectivity index (χ4v) is 4.41. The molecule has 0 aromatic heterocycles. The lowest BCUT2D eigenvalue weighted by molar-refractivity contribution is -0.119. The van der Waals surface area contributed by atoms with Crippen molar-refractivity contribution >= 4 is 33.6 Å². The van der Waals surface area contributed by atoms with Gasteiger partial charge in [0.15, 0.2) is 0 Å². The molecule has 2 rings (SSSR count). The molecule has 0 aliphatic carbocycles. The summed E-state index contributed by atoms with van der Waals surface area (Å²) in [6.45, 7) is 2.29. The maximum atomic E-state index is 12.6. The standard InChI is InChI=1S/C20H27N3O3S2/c1-17-8-7-9-18(14-17)16-27-13-12-21-20(24)15-23(28(25,26)22(2)3)19-10-5-4-6-11-19/h4-11,14H,12-13,15-16H2,1-3H3,(H,21,24). The number of thioether (sulfide) groups is 1. The lowest BCUT2D eigenvalue weighted by Gasteiger charge is -2.26. The molecule has 0 atom stereocenters. The normalized spacial score (nSPS) is 11.4. The quantitative estimate of drug-likeness (QED) is 0.599. The van der Waals surface area contributed by atoms with Crippen molar-refractivity contribution in [2.45, 2.75) is 12.7 Å². The van der Waals surface area contributed by atoms with E-state index in [1.807, 2.05) is 6.07 Å². The Morgan fingerprint density at radius 3 is 2.43 bits per heavy atom. The van der Waals surface area contributed by atoms with Crippen LogP contribution in [0.5, 0.6) is 0 Å². The molecule has 2 aromatic rings. The number of carbonyl (C=O) groups is 1. The van der Waals surface area contributed by atoms with Crippen molar-refractivity contribution in [1.82, 2.24) is 9.62 Å². The number of anilines is 1. The predicted octanol–water partition coefficient (Wildman–Crippen LogP) is 2.66. The molecule has 0 unspecified atom stereocenters. The van der Waals surface area contributed by atoms with E-state index in [-0.39, 0.29) is 12.5 Å². The van der Waals surface area contributed by atoms with Crippen molar-refractivity contribution in [3.05, 3.63) is 65.7 Å². The number of benzene rings is 2. The third-order valence-electron chi connectivity index (χ3n) is 3.99. The van der Waals surface area contributed by atoms with E-state index in [0.29, 0.717) is 12.2 Å². The van der Waals surface area contributed by atoms with Crippen LogP contribution < -0.4 is 9.62 Å². The summed E-state index contributed by atoms with van der Waals surface area (Å²) in [5.41, 5.74) is 2.94. The van der Waals surface area contributed by atoms with E-state index in [0.717, 1.165) is 20.1 Å². The molecule has 0 heterocycles. The molecule has 28 heavy (non-hydrogen) atoms. The minimum Gasteiger partial charge on any atom is -0.354 e. The molecule has 0 radical (unpaired) electrons. The van der Waals surface area contributed by atoms with E-state index in [9.17, 15) is 13.2 Å². The van der Waals surface area contributed by atoms with Crippen LogP contribution in [0.1, 0.15) is 11.1 Å².